The first-order chi connectivity index (χ1) is 11.1. The number of anilines is 1. The molecule has 0 heterocycles. The van der Waals surface area contributed by atoms with E-state index < -0.39 is 10.0 Å². The number of halogens is 1. The van der Waals surface area contributed by atoms with Crippen LogP contribution < -0.4 is 4.31 Å². The summed E-state index contributed by atoms with van der Waals surface area (Å²) < 4.78 is 27.8. The zero-order chi connectivity index (χ0) is 16.4. The Kier molecular flexibility index (Phi) is 4.28. The molecule has 0 N–H and O–H groups in total. The predicted molar refractivity (Wildman–Crippen MR) is 95.6 cm³/mol. The molecule has 0 atom stereocenters. The minimum atomic E-state index is -3.70. The summed E-state index contributed by atoms with van der Waals surface area (Å²) >= 11 is 6.28. The highest BCUT2D eigenvalue weighted by atomic mass is 35.5. The van der Waals surface area contributed by atoms with E-state index >= 15 is 0 Å². The molecule has 3 nitrogen and oxygen atoms in total. The van der Waals surface area contributed by atoms with Crippen molar-refractivity contribution in [1.29, 1.82) is 0 Å². The fourth-order valence-corrected chi connectivity index (χ4v) is 4.73. The highest BCUT2D eigenvalue weighted by Gasteiger charge is 2.26. The first-order valence-corrected chi connectivity index (χ1v) is 9.12. The van der Waals surface area contributed by atoms with E-state index in [2.05, 4.69) is 0 Å². The van der Waals surface area contributed by atoms with Crippen molar-refractivity contribution in [2.75, 3.05) is 10.8 Å². The van der Waals surface area contributed by atoms with E-state index in [9.17, 15) is 8.42 Å². The lowest BCUT2D eigenvalue weighted by Gasteiger charge is -2.23. The van der Waals surface area contributed by atoms with Crippen molar-refractivity contribution >= 4 is 38.1 Å². The van der Waals surface area contributed by atoms with Gasteiger partial charge in [-0.1, -0.05) is 54.1 Å². The molecular formula is C18H16ClNO2S. The fraction of sp³-hybridized carbons (Fsp3) is 0.111. The van der Waals surface area contributed by atoms with Crippen LogP contribution in [0.15, 0.2) is 71.6 Å². The van der Waals surface area contributed by atoms with Gasteiger partial charge in [0, 0.05) is 17.0 Å². The van der Waals surface area contributed by atoms with Crippen molar-refractivity contribution in [3.63, 3.8) is 0 Å². The second-order valence-corrected chi connectivity index (χ2v) is 7.34. The van der Waals surface area contributed by atoms with Crippen LogP contribution in [0.25, 0.3) is 10.8 Å². The minimum Gasteiger partial charge on any atom is -0.267 e. The molecule has 5 heteroatoms. The molecule has 0 amide bonds. The van der Waals surface area contributed by atoms with Crippen molar-refractivity contribution in [3.8, 4) is 0 Å². The quantitative estimate of drug-likeness (QED) is 0.686. The molecular weight excluding hydrogens is 330 g/mol. The minimum absolute atomic E-state index is 0.228. The largest absolute Gasteiger partial charge is 0.267 e. The summed E-state index contributed by atoms with van der Waals surface area (Å²) in [5, 5.41) is 1.81. The van der Waals surface area contributed by atoms with E-state index in [-0.39, 0.29) is 4.90 Å². The molecule has 3 aromatic rings. The Bertz CT molecular complexity index is 934. The third-order valence-electron chi connectivity index (χ3n) is 3.72. The van der Waals surface area contributed by atoms with Crippen molar-refractivity contribution in [3.05, 3.63) is 71.8 Å². The molecule has 3 aromatic carbocycles. The van der Waals surface area contributed by atoms with E-state index in [1.54, 1.807) is 30.3 Å². The summed E-state index contributed by atoms with van der Waals surface area (Å²) in [6.45, 7) is 2.16. The van der Waals surface area contributed by atoms with Crippen LogP contribution in [0.3, 0.4) is 0 Å². The number of nitrogens with zero attached hydrogens (tertiary/aromatic N) is 1. The Balaban J connectivity index is 2.24. The highest BCUT2D eigenvalue weighted by molar-refractivity contribution is 7.93. The van der Waals surface area contributed by atoms with E-state index in [0.717, 1.165) is 5.39 Å². The summed E-state index contributed by atoms with van der Waals surface area (Å²) in [6.07, 6.45) is 0. The average molecular weight is 346 g/mol. The second-order valence-electron chi connectivity index (χ2n) is 5.10. The van der Waals surface area contributed by atoms with Gasteiger partial charge in [0.15, 0.2) is 0 Å². The van der Waals surface area contributed by atoms with Gasteiger partial charge in [0.2, 0.25) is 0 Å². The van der Waals surface area contributed by atoms with Crippen molar-refractivity contribution in [2.24, 2.45) is 0 Å². The normalized spacial score (nSPS) is 11.6. The summed E-state index contributed by atoms with van der Waals surface area (Å²) in [5.41, 5.74) is 0.638. The Morgan fingerprint density at radius 1 is 0.913 bits per heavy atom. The number of sulfonamides is 1. The van der Waals surface area contributed by atoms with E-state index in [4.69, 9.17) is 11.6 Å². The third kappa shape index (κ3) is 2.80. The van der Waals surface area contributed by atoms with Crippen LogP contribution in [0.4, 0.5) is 5.69 Å². The van der Waals surface area contributed by atoms with Crippen molar-refractivity contribution in [2.45, 2.75) is 11.8 Å². The molecule has 0 aromatic heterocycles. The predicted octanol–water partition coefficient (Wildman–Crippen LogP) is 4.71. The van der Waals surface area contributed by atoms with Gasteiger partial charge in [0.25, 0.3) is 10.0 Å². The fourth-order valence-electron chi connectivity index (χ4n) is 2.68. The molecule has 0 aliphatic rings. The number of fused-ring (bicyclic) bond motifs is 1. The smallest absolute Gasteiger partial charge is 0.264 e. The summed E-state index contributed by atoms with van der Waals surface area (Å²) in [5.74, 6) is 0. The molecule has 23 heavy (non-hydrogen) atoms. The number of benzene rings is 3. The Labute approximate surface area is 141 Å². The Hall–Kier alpha value is -2.04. The van der Waals surface area contributed by atoms with Crippen LogP contribution in [-0.2, 0) is 10.0 Å². The van der Waals surface area contributed by atoms with Gasteiger partial charge in [-0.3, -0.25) is 4.31 Å². The Morgan fingerprint density at radius 2 is 1.57 bits per heavy atom. The van der Waals surface area contributed by atoms with Gasteiger partial charge in [0.05, 0.1) is 10.6 Å². The number of para-hydroxylation sites is 1. The van der Waals surface area contributed by atoms with E-state index in [1.807, 2.05) is 43.3 Å². The van der Waals surface area contributed by atoms with Crippen LogP contribution in [-0.4, -0.2) is 15.0 Å². The molecule has 3 rings (SSSR count). The summed E-state index contributed by atoms with van der Waals surface area (Å²) in [4.78, 5) is 0.228. The molecule has 0 spiro atoms. The maximum Gasteiger partial charge on any atom is 0.264 e. The lowest BCUT2D eigenvalue weighted by Crippen LogP contribution is -2.30. The van der Waals surface area contributed by atoms with Crippen LogP contribution >= 0.6 is 11.6 Å². The zero-order valence-electron chi connectivity index (χ0n) is 12.6. The van der Waals surface area contributed by atoms with Gasteiger partial charge in [-0.2, -0.15) is 0 Å². The van der Waals surface area contributed by atoms with Gasteiger partial charge >= 0.3 is 0 Å². The Morgan fingerprint density at radius 3 is 2.22 bits per heavy atom. The number of rotatable bonds is 4. The van der Waals surface area contributed by atoms with Gasteiger partial charge in [0.1, 0.15) is 0 Å². The van der Waals surface area contributed by atoms with Crippen LogP contribution in [0.5, 0.6) is 0 Å². The van der Waals surface area contributed by atoms with Crippen LogP contribution in [0, 0.1) is 0 Å². The summed E-state index contributed by atoms with van der Waals surface area (Å²) in [6, 6.07) is 19.7. The maximum absolute atomic E-state index is 13.2. The molecule has 0 radical (unpaired) electrons. The zero-order valence-corrected chi connectivity index (χ0v) is 14.2. The number of hydrogen-bond donors (Lipinski definition) is 0. The van der Waals surface area contributed by atoms with Crippen LogP contribution in [0.2, 0.25) is 5.02 Å². The first kappa shape index (κ1) is 15.8. The van der Waals surface area contributed by atoms with Gasteiger partial charge in [-0.15, -0.1) is 0 Å². The lowest BCUT2D eigenvalue weighted by atomic mass is 10.1. The second kappa shape index (κ2) is 6.22. The molecule has 0 fully saturated rings. The molecule has 0 aliphatic carbocycles. The standard InChI is InChI=1S/C18H16ClNO2S/c1-2-20(15-10-4-3-5-11-15)23(21,22)17-13-7-9-14-8-6-12-16(19)18(14)17/h3-13H,2H2,1H3. The average Bonchev–Trinajstić information content (AvgIpc) is 2.56. The van der Waals surface area contributed by atoms with Crippen molar-refractivity contribution < 1.29 is 8.42 Å². The molecule has 0 saturated heterocycles. The van der Waals surface area contributed by atoms with Crippen LogP contribution in [0.1, 0.15) is 6.92 Å². The summed E-state index contributed by atoms with van der Waals surface area (Å²) in [7, 11) is -3.70. The maximum atomic E-state index is 13.2. The third-order valence-corrected chi connectivity index (χ3v) is 5.98. The van der Waals surface area contributed by atoms with Gasteiger partial charge in [-0.05, 0) is 36.6 Å². The first-order valence-electron chi connectivity index (χ1n) is 7.30. The van der Waals surface area contributed by atoms with Gasteiger partial charge in [-0.25, -0.2) is 8.42 Å². The lowest BCUT2D eigenvalue weighted by molar-refractivity contribution is 0.593. The molecule has 118 valence electrons. The highest BCUT2D eigenvalue weighted by Crippen LogP contribution is 2.33. The molecule has 0 bridgehead atoms. The monoisotopic (exact) mass is 345 g/mol. The van der Waals surface area contributed by atoms with E-state index in [0.29, 0.717) is 22.6 Å². The topological polar surface area (TPSA) is 37.4 Å². The van der Waals surface area contributed by atoms with Crippen molar-refractivity contribution in [1.82, 2.24) is 0 Å². The molecule has 0 unspecified atom stereocenters. The van der Waals surface area contributed by atoms with E-state index in [1.165, 1.54) is 4.31 Å². The molecule has 0 aliphatic heterocycles. The number of hydrogen-bond acceptors (Lipinski definition) is 2. The SMILES string of the molecule is CCN(c1ccccc1)S(=O)(=O)c1cccc2cccc(Cl)c12. The molecule has 0 saturated carbocycles. The van der Waals surface area contributed by atoms with Gasteiger partial charge < -0.3 is 0 Å².